The molecule has 0 aliphatic carbocycles. The van der Waals surface area contributed by atoms with Crippen LogP contribution in [0.2, 0.25) is 0 Å². The van der Waals surface area contributed by atoms with Crippen LogP contribution in [0.5, 0.6) is 5.75 Å². The van der Waals surface area contributed by atoms with E-state index in [-0.39, 0.29) is 11.8 Å². The third-order valence-corrected chi connectivity index (χ3v) is 4.63. The Balaban J connectivity index is 1.62. The van der Waals surface area contributed by atoms with Crippen LogP contribution in [0.1, 0.15) is 34.0 Å². The monoisotopic (exact) mass is 414 g/mol. The number of amides is 2. The second-order valence-corrected chi connectivity index (χ2v) is 7.06. The lowest BCUT2D eigenvalue weighted by Crippen LogP contribution is -2.23. The van der Waals surface area contributed by atoms with Crippen LogP contribution in [0.4, 0.5) is 5.69 Å². The van der Waals surface area contributed by atoms with Crippen LogP contribution in [0, 0.1) is 6.92 Å². The number of nitrogens with one attached hydrogen (secondary N) is 2. The average molecular weight is 415 g/mol. The molecule has 0 unspecified atom stereocenters. The maximum Gasteiger partial charge on any atom is 0.251 e. The molecule has 0 saturated carbocycles. The molecule has 0 saturated heterocycles. The predicted molar refractivity (Wildman–Crippen MR) is 124 cm³/mol. The Morgan fingerprint density at radius 2 is 1.77 bits per heavy atom. The van der Waals surface area contributed by atoms with E-state index in [1.165, 1.54) is 6.08 Å². The third-order valence-electron chi connectivity index (χ3n) is 4.63. The first-order valence-electron chi connectivity index (χ1n) is 10.2. The van der Waals surface area contributed by atoms with Crippen molar-refractivity contribution in [3.8, 4) is 5.75 Å². The molecule has 158 valence electrons. The molecule has 0 fully saturated rings. The van der Waals surface area contributed by atoms with E-state index < -0.39 is 0 Å². The van der Waals surface area contributed by atoms with E-state index in [9.17, 15) is 9.59 Å². The van der Waals surface area contributed by atoms with Gasteiger partial charge in [-0.15, -0.1) is 0 Å². The number of ether oxygens (including phenoxy) is 1. The molecule has 0 aliphatic heterocycles. The van der Waals surface area contributed by atoms with Gasteiger partial charge in [-0.1, -0.05) is 48.5 Å². The molecular weight excluding hydrogens is 388 g/mol. The summed E-state index contributed by atoms with van der Waals surface area (Å²) in [6.45, 7) is 4.77. The van der Waals surface area contributed by atoms with Crippen LogP contribution in [-0.2, 0) is 11.4 Å². The van der Waals surface area contributed by atoms with Crippen molar-refractivity contribution in [2.45, 2.75) is 20.5 Å². The predicted octanol–water partition coefficient (Wildman–Crippen LogP) is 4.98. The Labute approximate surface area is 182 Å². The zero-order chi connectivity index (χ0) is 22.1. The van der Waals surface area contributed by atoms with E-state index in [2.05, 4.69) is 10.6 Å². The fraction of sp³-hybridized carbons (Fsp3) is 0.154. The van der Waals surface area contributed by atoms with Gasteiger partial charge >= 0.3 is 0 Å². The lowest BCUT2D eigenvalue weighted by molar-refractivity contribution is -0.111. The first-order chi connectivity index (χ1) is 15.0. The van der Waals surface area contributed by atoms with Gasteiger partial charge in [0.1, 0.15) is 12.4 Å². The van der Waals surface area contributed by atoms with E-state index in [4.69, 9.17) is 4.74 Å². The highest BCUT2D eigenvalue weighted by Gasteiger charge is 2.08. The van der Waals surface area contributed by atoms with Gasteiger partial charge in [-0.05, 0) is 60.9 Å². The Kier molecular flexibility index (Phi) is 7.60. The smallest absolute Gasteiger partial charge is 0.251 e. The second kappa shape index (κ2) is 10.8. The van der Waals surface area contributed by atoms with Gasteiger partial charge < -0.3 is 15.4 Å². The van der Waals surface area contributed by atoms with Crippen LogP contribution in [0.25, 0.3) is 6.08 Å². The molecule has 0 radical (unpaired) electrons. The van der Waals surface area contributed by atoms with Gasteiger partial charge in [0.15, 0.2) is 0 Å². The van der Waals surface area contributed by atoms with Crippen molar-refractivity contribution in [3.63, 3.8) is 0 Å². The number of anilines is 1. The maximum absolute atomic E-state index is 12.4. The molecule has 0 aliphatic rings. The molecular formula is C26H26N2O3. The van der Waals surface area contributed by atoms with Gasteiger partial charge in [0.05, 0.1) is 0 Å². The highest BCUT2D eigenvalue weighted by Crippen LogP contribution is 2.18. The van der Waals surface area contributed by atoms with Crippen molar-refractivity contribution in [1.29, 1.82) is 0 Å². The van der Waals surface area contributed by atoms with E-state index in [1.54, 1.807) is 18.2 Å². The molecule has 5 nitrogen and oxygen atoms in total. The minimum absolute atomic E-state index is 0.166. The summed E-state index contributed by atoms with van der Waals surface area (Å²) < 4.78 is 5.83. The Bertz CT molecular complexity index is 1080. The summed E-state index contributed by atoms with van der Waals surface area (Å²) in [5, 5.41) is 5.60. The van der Waals surface area contributed by atoms with Gasteiger partial charge in [0, 0.05) is 23.9 Å². The van der Waals surface area contributed by atoms with E-state index in [0.29, 0.717) is 24.4 Å². The molecule has 31 heavy (non-hydrogen) atoms. The second-order valence-electron chi connectivity index (χ2n) is 7.06. The number of carbonyl (C=O) groups excluding carboxylic acids is 2. The highest BCUT2D eigenvalue weighted by atomic mass is 16.5. The number of hydrogen-bond donors (Lipinski definition) is 2. The number of rotatable bonds is 8. The average Bonchev–Trinajstić information content (AvgIpc) is 2.79. The molecule has 0 heterocycles. The summed E-state index contributed by atoms with van der Waals surface area (Å²) in [6.07, 6.45) is 3.20. The van der Waals surface area contributed by atoms with Gasteiger partial charge in [-0.3, -0.25) is 9.59 Å². The summed E-state index contributed by atoms with van der Waals surface area (Å²) in [5.74, 6) is 0.296. The van der Waals surface area contributed by atoms with Crippen molar-refractivity contribution in [2.24, 2.45) is 0 Å². The van der Waals surface area contributed by atoms with Crippen molar-refractivity contribution >= 4 is 23.6 Å². The van der Waals surface area contributed by atoms with Crippen molar-refractivity contribution in [3.05, 3.63) is 101 Å². The lowest BCUT2D eigenvalue weighted by Gasteiger charge is -2.09. The van der Waals surface area contributed by atoms with E-state index >= 15 is 0 Å². The number of hydrogen-bond acceptors (Lipinski definition) is 3. The largest absolute Gasteiger partial charge is 0.489 e. The number of carbonyl (C=O) groups is 2. The summed E-state index contributed by atoms with van der Waals surface area (Å²) >= 11 is 0. The first kappa shape index (κ1) is 21.8. The van der Waals surface area contributed by atoms with E-state index in [1.807, 2.05) is 74.5 Å². The zero-order valence-corrected chi connectivity index (χ0v) is 17.7. The molecule has 3 aromatic carbocycles. The van der Waals surface area contributed by atoms with Crippen LogP contribution >= 0.6 is 0 Å². The maximum atomic E-state index is 12.4. The lowest BCUT2D eigenvalue weighted by atomic mass is 10.1. The molecule has 5 heteroatoms. The molecule has 0 spiro atoms. The number of benzene rings is 3. The minimum Gasteiger partial charge on any atom is -0.489 e. The molecule has 0 atom stereocenters. The van der Waals surface area contributed by atoms with Crippen LogP contribution in [0.15, 0.2) is 78.9 Å². The van der Waals surface area contributed by atoms with Gasteiger partial charge in [0.2, 0.25) is 5.91 Å². The Hall–Kier alpha value is -3.86. The normalized spacial score (nSPS) is 10.6. The molecule has 3 rings (SSSR count). The molecule has 0 aromatic heterocycles. The van der Waals surface area contributed by atoms with Crippen LogP contribution in [-0.4, -0.2) is 18.4 Å². The molecule has 2 N–H and O–H groups in total. The third kappa shape index (κ3) is 6.57. The number of aryl methyl sites for hydroxylation is 1. The first-order valence-corrected chi connectivity index (χ1v) is 10.2. The standard InChI is InChI=1S/C26H26N2O3/c1-3-27-26(30)22-14-12-19(2)24(17-22)28-25(29)15-13-20-10-7-11-23(16-20)31-18-21-8-5-4-6-9-21/h4-17H,3,18H2,1-2H3,(H,27,30)(H,28,29)/b15-13+. The fourth-order valence-electron chi connectivity index (χ4n) is 2.96. The SMILES string of the molecule is CCNC(=O)c1ccc(C)c(NC(=O)/C=C/c2cccc(OCc3ccccc3)c2)c1. The van der Waals surface area contributed by atoms with E-state index in [0.717, 1.165) is 22.4 Å². The summed E-state index contributed by atoms with van der Waals surface area (Å²) in [4.78, 5) is 24.4. The Morgan fingerprint density at radius 3 is 2.55 bits per heavy atom. The van der Waals surface area contributed by atoms with Gasteiger partial charge in [-0.25, -0.2) is 0 Å². The van der Waals surface area contributed by atoms with Crippen molar-refractivity contribution < 1.29 is 14.3 Å². The topological polar surface area (TPSA) is 67.4 Å². The van der Waals surface area contributed by atoms with Crippen LogP contribution < -0.4 is 15.4 Å². The Morgan fingerprint density at radius 1 is 0.968 bits per heavy atom. The van der Waals surface area contributed by atoms with Gasteiger partial charge in [-0.2, -0.15) is 0 Å². The van der Waals surface area contributed by atoms with Crippen molar-refractivity contribution in [2.75, 3.05) is 11.9 Å². The summed E-state index contributed by atoms with van der Waals surface area (Å²) in [7, 11) is 0. The summed E-state index contributed by atoms with van der Waals surface area (Å²) in [6, 6.07) is 22.7. The van der Waals surface area contributed by atoms with Gasteiger partial charge in [0.25, 0.3) is 5.91 Å². The minimum atomic E-state index is -0.272. The zero-order valence-electron chi connectivity index (χ0n) is 17.7. The van der Waals surface area contributed by atoms with Crippen LogP contribution in [0.3, 0.4) is 0 Å². The summed E-state index contributed by atoms with van der Waals surface area (Å²) in [5.41, 5.74) is 3.95. The molecule has 0 bridgehead atoms. The highest BCUT2D eigenvalue weighted by molar-refractivity contribution is 6.03. The molecule has 3 aromatic rings. The quantitative estimate of drug-likeness (QED) is 0.511. The fourth-order valence-corrected chi connectivity index (χ4v) is 2.96. The van der Waals surface area contributed by atoms with Crippen molar-refractivity contribution in [1.82, 2.24) is 5.32 Å². The molecule has 2 amide bonds.